The lowest BCUT2D eigenvalue weighted by Crippen LogP contribution is -2.38. The molecule has 1 N–H and O–H groups in total. The van der Waals surface area contributed by atoms with Crippen molar-refractivity contribution in [2.75, 3.05) is 58.3 Å². The first-order valence-electron chi connectivity index (χ1n) is 13.4. The first-order chi connectivity index (χ1) is 20.5. The molecule has 1 aliphatic heterocycles. The molecule has 11 nitrogen and oxygen atoms in total. The summed E-state index contributed by atoms with van der Waals surface area (Å²) >= 11 is 0. The number of nitrogens with one attached hydrogen (secondary N) is 1. The Bertz CT molecular complexity index is 1540. The number of hydrogen-bond donors (Lipinski definition) is 1. The van der Waals surface area contributed by atoms with Gasteiger partial charge in [-0.15, -0.1) is 0 Å². The molecule has 2 aromatic carbocycles. The smallest absolute Gasteiger partial charge is 0.423 e. The van der Waals surface area contributed by atoms with Crippen LogP contribution in [0.4, 0.5) is 24.8 Å². The summed E-state index contributed by atoms with van der Waals surface area (Å²) in [5.74, 6) is -0.0584. The van der Waals surface area contributed by atoms with Crippen molar-refractivity contribution in [2.24, 2.45) is 0 Å². The molecule has 232 valence electrons. The number of sulfonamides is 1. The largest absolute Gasteiger partial charge is 0.487 e. The normalized spacial score (nSPS) is 19.7. The van der Waals surface area contributed by atoms with Gasteiger partial charge in [-0.05, 0) is 23.3 Å². The summed E-state index contributed by atoms with van der Waals surface area (Å²) in [4.78, 5) is 7.94. The van der Waals surface area contributed by atoms with Crippen LogP contribution in [0.15, 0.2) is 48.7 Å². The van der Waals surface area contributed by atoms with Crippen LogP contribution in [0.3, 0.4) is 0 Å². The van der Waals surface area contributed by atoms with Crippen molar-refractivity contribution in [1.29, 1.82) is 0 Å². The molecule has 0 fully saturated rings. The number of halogens is 3. The van der Waals surface area contributed by atoms with E-state index in [-0.39, 0.29) is 25.6 Å². The minimum atomic E-state index is -4.83. The Morgan fingerprint density at radius 1 is 0.977 bits per heavy atom. The number of hydrogen-bond acceptors (Lipinski definition) is 10. The Morgan fingerprint density at radius 2 is 1.65 bits per heavy atom. The maximum atomic E-state index is 14.0. The second kappa shape index (κ2) is 12.9. The first-order valence-corrected chi connectivity index (χ1v) is 15.3. The van der Waals surface area contributed by atoms with Gasteiger partial charge in [0.05, 0.1) is 38.7 Å². The van der Waals surface area contributed by atoms with Gasteiger partial charge in [0.15, 0.2) is 11.5 Å². The summed E-state index contributed by atoms with van der Waals surface area (Å²) in [6, 6.07) is 11.1. The number of aromatic nitrogens is 2. The second-order valence-electron chi connectivity index (χ2n) is 9.90. The Morgan fingerprint density at radius 3 is 2.35 bits per heavy atom. The molecule has 0 radical (unpaired) electrons. The Kier molecular flexibility index (Phi) is 9.25. The second-order valence-corrected chi connectivity index (χ2v) is 11.9. The third-order valence-electron chi connectivity index (χ3n) is 6.93. The molecule has 2 aliphatic rings. The lowest BCUT2D eigenvalue weighted by molar-refractivity contribution is -0.140. The quantitative estimate of drug-likeness (QED) is 0.431. The topological polar surface area (TPSA) is 121 Å². The van der Waals surface area contributed by atoms with E-state index in [9.17, 15) is 21.6 Å². The number of anilines is 2. The monoisotopic (exact) mass is 624 g/mol. The average molecular weight is 625 g/mol. The SMILES string of the molecule is CN([C@@H]1c2ccccc2C[C@H]1Oc1nc(Nc2ccc3c(c2)OCCOCCOCCO3)ncc1C(F)(F)F)S(C)(=O)=O. The van der Waals surface area contributed by atoms with Crippen LogP contribution in [0.2, 0.25) is 0 Å². The summed E-state index contributed by atoms with van der Waals surface area (Å²) in [6.45, 7) is 2.07. The van der Waals surface area contributed by atoms with Gasteiger partial charge >= 0.3 is 6.18 Å². The van der Waals surface area contributed by atoms with E-state index >= 15 is 0 Å². The zero-order valence-electron chi connectivity index (χ0n) is 23.5. The highest BCUT2D eigenvalue weighted by Crippen LogP contribution is 2.42. The van der Waals surface area contributed by atoms with Gasteiger partial charge in [-0.2, -0.15) is 22.5 Å². The molecule has 15 heteroatoms. The van der Waals surface area contributed by atoms with Gasteiger partial charge in [0.1, 0.15) is 24.9 Å². The summed E-state index contributed by atoms with van der Waals surface area (Å²) in [7, 11) is -2.34. The molecular formula is C28H31F3N4O7S. The van der Waals surface area contributed by atoms with Crippen LogP contribution in [-0.2, 0) is 32.1 Å². The summed E-state index contributed by atoms with van der Waals surface area (Å²) < 4.78 is 96.4. The summed E-state index contributed by atoms with van der Waals surface area (Å²) in [5, 5.41) is 2.89. The van der Waals surface area contributed by atoms with Crippen molar-refractivity contribution < 1.29 is 45.3 Å². The number of ether oxygens (including phenoxy) is 5. The third kappa shape index (κ3) is 7.47. The van der Waals surface area contributed by atoms with E-state index in [1.807, 2.05) is 0 Å². The van der Waals surface area contributed by atoms with E-state index in [0.29, 0.717) is 55.4 Å². The van der Waals surface area contributed by atoms with Crippen LogP contribution in [0.5, 0.6) is 17.4 Å². The number of alkyl halides is 3. The minimum absolute atomic E-state index is 0.169. The lowest BCUT2D eigenvalue weighted by atomic mass is 10.1. The number of benzene rings is 2. The molecule has 0 amide bonds. The molecule has 2 heterocycles. The highest BCUT2D eigenvalue weighted by Gasteiger charge is 2.43. The van der Waals surface area contributed by atoms with Crippen molar-refractivity contribution in [2.45, 2.75) is 24.7 Å². The average Bonchev–Trinajstić information content (AvgIpc) is 3.30. The first kappa shape index (κ1) is 30.8. The molecule has 1 aliphatic carbocycles. The molecule has 43 heavy (non-hydrogen) atoms. The standard InChI is InChI=1S/C28H31F3N4O7S/c1-35(43(2,36)37)25-20-6-4-3-5-18(20)15-24(25)42-26-21(28(29,30)31)17-32-27(34-26)33-19-7-8-22-23(16-19)41-14-12-39-10-9-38-11-13-40-22/h3-8,16-17,24-25H,9-15H2,1-2H3,(H,32,33,34)/t24-,25-/m1/s1. The molecule has 0 unspecified atom stereocenters. The van der Waals surface area contributed by atoms with Gasteiger partial charge in [0, 0.05) is 31.4 Å². The Hall–Kier alpha value is -3.66. The molecule has 0 bridgehead atoms. The van der Waals surface area contributed by atoms with Crippen molar-refractivity contribution in [1.82, 2.24) is 14.3 Å². The fourth-order valence-electron chi connectivity index (χ4n) is 4.82. The molecule has 1 aromatic heterocycles. The van der Waals surface area contributed by atoms with Gasteiger partial charge in [0.2, 0.25) is 21.9 Å². The highest BCUT2D eigenvalue weighted by atomic mass is 32.2. The van der Waals surface area contributed by atoms with Crippen LogP contribution >= 0.6 is 0 Å². The molecule has 0 spiro atoms. The highest BCUT2D eigenvalue weighted by molar-refractivity contribution is 7.88. The van der Waals surface area contributed by atoms with Crippen molar-refractivity contribution in [3.8, 4) is 17.4 Å². The van der Waals surface area contributed by atoms with Crippen molar-refractivity contribution in [3.05, 3.63) is 65.4 Å². The van der Waals surface area contributed by atoms with Crippen LogP contribution in [0.1, 0.15) is 22.7 Å². The van der Waals surface area contributed by atoms with Crippen LogP contribution in [0.25, 0.3) is 0 Å². The fraction of sp³-hybridized carbons (Fsp3) is 0.429. The molecule has 0 saturated heterocycles. The number of fused-ring (bicyclic) bond motifs is 2. The minimum Gasteiger partial charge on any atom is -0.487 e. The van der Waals surface area contributed by atoms with Crippen LogP contribution < -0.4 is 19.5 Å². The predicted molar refractivity (Wildman–Crippen MR) is 149 cm³/mol. The molecular weight excluding hydrogens is 593 g/mol. The molecule has 0 saturated carbocycles. The van der Waals surface area contributed by atoms with E-state index in [0.717, 1.165) is 16.1 Å². The van der Waals surface area contributed by atoms with Crippen molar-refractivity contribution >= 4 is 21.7 Å². The van der Waals surface area contributed by atoms with E-state index < -0.39 is 39.8 Å². The zero-order chi connectivity index (χ0) is 30.6. The molecule has 2 atom stereocenters. The predicted octanol–water partition coefficient (Wildman–Crippen LogP) is 3.98. The molecule has 3 aromatic rings. The fourth-order valence-corrected chi connectivity index (χ4v) is 5.49. The van der Waals surface area contributed by atoms with Gasteiger partial charge in [-0.3, -0.25) is 0 Å². The summed E-state index contributed by atoms with van der Waals surface area (Å²) in [6.07, 6.45) is -3.96. The van der Waals surface area contributed by atoms with Gasteiger partial charge in [-0.1, -0.05) is 24.3 Å². The maximum Gasteiger partial charge on any atom is 0.423 e. The van der Waals surface area contributed by atoms with Crippen molar-refractivity contribution in [3.63, 3.8) is 0 Å². The van der Waals surface area contributed by atoms with Gasteiger partial charge < -0.3 is 29.0 Å². The van der Waals surface area contributed by atoms with E-state index in [2.05, 4.69) is 15.3 Å². The van der Waals surface area contributed by atoms with Crippen LogP contribution in [-0.4, -0.2) is 81.7 Å². The maximum absolute atomic E-state index is 14.0. The number of nitrogens with zero attached hydrogens (tertiary/aromatic N) is 3. The molecule has 5 rings (SSSR count). The van der Waals surface area contributed by atoms with Gasteiger partial charge in [0.25, 0.3) is 0 Å². The summed E-state index contributed by atoms with van der Waals surface area (Å²) in [5.41, 5.74) is 0.650. The number of rotatable bonds is 6. The number of likely N-dealkylation sites (N-methyl/N-ethyl adjacent to an activating group) is 1. The van der Waals surface area contributed by atoms with Crippen LogP contribution in [0, 0.1) is 0 Å². The van der Waals surface area contributed by atoms with E-state index in [1.54, 1.807) is 42.5 Å². The van der Waals surface area contributed by atoms with E-state index in [1.165, 1.54) is 7.05 Å². The van der Waals surface area contributed by atoms with Gasteiger partial charge in [-0.25, -0.2) is 13.4 Å². The lowest BCUT2D eigenvalue weighted by Gasteiger charge is -2.29. The Labute approximate surface area is 246 Å². The third-order valence-corrected chi connectivity index (χ3v) is 8.20. The Balaban J connectivity index is 1.43. The zero-order valence-corrected chi connectivity index (χ0v) is 24.3. The van der Waals surface area contributed by atoms with E-state index in [4.69, 9.17) is 23.7 Å².